The maximum Gasteiger partial charge on any atom is 0.154 e. The van der Waals surface area contributed by atoms with Crippen LogP contribution in [-0.2, 0) is 6.61 Å². The van der Waals surface area contributed by atoms with Crippen LogP contribution < -0.4 is 0 Å². The second-order valence-electron chi connectivity index (χ2n) is 3.02. The fourth-order valence-corrected chi connectivity index (χ4v) is 1.38. The number of halogens is 1. The van der Waals surface area contributed by atoms with Crippen molar-refractivity contribution in [1.82, 2.24) is 9.97 Å². The second-order valence-corrected chi connectivity index (χ2v) is 3.46. The number of nitrogens with zero attached hydrogens (tertiary/aromatic N) is 2. The first-order valence-electron chi connectivity index (χ1n) is 4.48. The van der Waals surface area contributed by atoms with Crippen molar-refractivity contribution in [3.8, 4) is 11.3 Å². The summed E-state index contributed by atoms with van der Waals surface area (Å²) < 4.78 is 0. The number of aromatic nitrogens is 2. The fraction of sp³-hybridized carbons (Fsp3) is 0.0909. The minimum absolute atomic E-state index is 0.151. The van der Waals surface area contributed by atoms with Gasteiger partial charge in [0.2, 0.25) is 0 Å². The van der Waals surface area contributed by atoms with Gasteiger partial charge >= 0.3 is 0 Å². The van der Waals surface area contributed by atoms with Gasteiger partial charge in [-0.2, -0.15) is 0 Å². The Labute approximate surface area is 92.4 Å². The number of aliphatic hydroxyl groups excluding tert-OH is 1. The molecule has 1 aromatic carbocycles. The van der Waals surface area contributed by atoms with Gasteiger partial charge in [-0.3, -0.25) is 0 Å². The molecule has 0 spiro atoms. The molecule has 2 aromatic rings. The Morgan fingerprint density at radius 1 is 1.13 bits per heavy atom. The summed E-state index contributed by atoms with van der Waals surface area (Å²) in [6.07, 6.45) is 1.63. The maximum atomic E-state index is 8.91. The predicted octanol–water partition coefficient (Wildman–Crippen LogP) is 2.29. The second kappa shape index (κ2) is 4.38. The van der Waals surface area contributed by atoms with Crippen LogP contribution in [0.2, 0.25) is 5.02 Å². The molecule has 0 aliphatic rings. The first-order chi connectivity index (χ1) is 7.29. The fourth-order valence-electron chi connectivity index (χ4n) is 1.26. The van der Waals surface area contributed by atoms with Crippen LogP contribution in [0, 0.1) is 0 Å². The lowest BCUT2D eigenvalue weighted by Crippen LogP contribution is -1.95. The van der Waals surface area contributed by atoms with Crippen LogP contribution in [0.15, 0.2) is 36.5 Å². The maximum absolute atomic E-state index is 8.91. The van der Waals surface area contributed by atoms with Gasteiger partial charge in [0.05, 0.1) is 5.69 Å². The highest BCUT2D eigenvalue weighted by atomic mass is 35.5. The Balaban J connectivity index is 2.40. The average molecular weight is 221 g/mol. The zero-order chi connectivity index (χ0) is 10.7. The van der Waals surface area contributed by atoms with Crippen molar-refractivity contribution in [3.05, 3.63) is 47.4 Å². The smallest absolute Gasteiger partial charge is 0.154 e. The van der Waals surface area contributed by atoms with Gasteiger partial charge in [-0.25, -0.2) is 9.97 Å². The minimum Gasteiger partial charge on any atom is -0.388 e. The Morgan fingerprint density at radius 2 is 1.87 bits per heavy atom. The highest BCUT2D eigenvalue weighted by Gasteiger charge is 2.00. The van der Waals surface area contributed by atoms with Crippen LogP contribution in [-0.4, -0.2) is 15.1 Å². The monoisotopic (exact) mass is 220 g/mol. The van der Waals surface area contributed by atoms with Gasteiger partial charge in [0.15, 0.2) is 5.82 Å². The van der Waals surface area contributed by atoms with Crippen LogP contribution in [0.25, 0.3) is 11.3 Å². The summed E-state index contributed by atoms with van der Waals surface area (Å²) in [5, 5.41) is 9.60. The summed E-state index contributed by atoms with van der Waals surface area (Å²) in [6, 6.07) is 9.16. The lowest BCUT2D eigenvalue weighted by atomic mass is 10.1. The van der Waals surface area contributed by atoms with Crippen molar-refractivity contribution in [3.63, 3.8) is 0 Å². The van der Waals surface area contributed by atoms with Gasteiger partial charge in [-0.15, -0.1) is 0 Å². The molecule has 0 saturated carbocycles. The highest BCUT2D eigenvalue weighted by molar-refractivity contribution is 6.30. The summed E-state index contributed by atoms with van der Waals surface area (Å²) in [5.41, 5.74) is 1.74. The molecule has 0 radical (unpaired) electrons. The predicted molar refractivity (Wildman–Crippen MR) is 58.4 cm³/mol. The molecule has 0 bridgehead atoms. The summed E-state index contributed by atoms with van der Waals surface area (Å²) in [4.78, 5) is 8.10. The van der Waals surface area contributed by atoms with E-state index in [1.54, 1.807) is 24.4 Å². The summed E-state index contributed by atoms with van der Waals surface area (Å²) >= 11 is 5.78. The van der Waals surface area contributed by atoms with Crippen molar-refractivity contribution >= 4 is 11.6 Å². The van der Waals surface area contributed by atoms with E-state index in [-0.39, 0.29) is 6.61 Å². The highest BCUT2D eigenvalue weighted by Crippen LogP contribution is 2.19. The van der Waals surface area contributed by atoms with Gasteiger partial charge in [0.1, 0.15) is 6.61 Å². The SMILES string of the molecule is OCc1nccc(-c2ccc(Cl)cc2)n1. The molecule has 15 heavy (non-hydrogen) atoms. The van der Waals surface area contributed by atoms with Gasteiger partial charge < -0.3 is 5.11 Å². The van der Waals surface area contributed by atoms with Crippen molar-refractivity contribution < 1.29 is 5.11 Å². The molecule has 0 saturated heterocycles. The van der Waals surface area contributed by atoms with E-state index >= 15 is 0 Å². The number of hydrogen-bond donors (Lipinski definition) is 1. The Hall–Kier alpha value is -1.45. The van der Waals surface area contributed by atoms with E-state index in [0.29, 0.717) is 10.8 Å². The number of rotatable bonds is 2. The van der Waals surface area contributed by atoms with Gasteiger partial charge in [0.25, 0.3) is 0 Å². The lowest BCUT2D eigenvalue weighted by molar-refractivity contribution is 0.271. The number of aliphatic hydroxyl groups is 1. The van der Waals surface area contributed by atoms with Crippen molar-refractivity contribution in [2.24, 2.45) is 0 Å². The minimum atomic E-state index is -0.151. The standard InChI is InChI=1S/C11H9ClN2O/c12-9-3-1-8(2-4-9)10-5-6-13-11(7-15)14-10/h1-6,15H,7H2. The molecule has 1 heterocycles. The van der Waals surface area contributed by atoms with Crippen LogP contribution in [0.4, 0.5) is 0 Å². The zero-order valence-corrected chi connectivity index (χ0v) is 8.65. The van der Waals surface area contributed by atoms with E-state index in [2.05, 4.69) is 9.97 Å². The third-order valence-electron chi connectivity index (χ3n) is 1.99. The van der Waals surface area contributed by atoms with Gasteiger partial charge in [-0.1, -0.05) is 23.7 Å². The molecular formula is C11H9ClN2O. The normalized spacial score (nSPS) is 10.3. The van der Waals surface area contributed by atoms with Gasteiger partial charge in [-0.05, 0) is 18.2 Å². The summed E-state index contributed by atoms with van der Waals surface area (Å²) in [6.45, 7) is -0.151. The zero-order valence-electron chi connectivity index (χ0n) is 7.89. The topological polar surface area (TPSA) is 46.0 Å². The molecule has 0 aliphatic heterocycles. The number of benzene rings is 1. The third-order valence-corrected chi connectivity index (χ3v) is 2.24. The Morgan fingerprint density at radius 3 is 2.53 bits per heavy atom. The molecule has 0 fully saturated rings. The number of hydrogen-bond acceptors (Lipinski definition) is 3. The molecule has 0 atom stereocenters. The summed E-state index contributed by atoms with van der Waals surface area (Å²) in [7, 11) is 0. The Kier molecular flexibility index (Phi) is 2.94. The average Bonchev–Trinajstić information content (AvgIpc) is 2.30. The van der Waals surface area contributed by atoms with Crippen molar-refractivity contribution in [1.29, 1.82) is 0 Å². The molecule has 1 N–H and O–H groups in total. The Bertz CT molecular complexity index is 456. The van der Waals surface area contributed by atoms with E-state index in [0.717, 1.165) is 11.3 Å². The van der Waals surface area contributed by atoms with Crippen LogP contribution in [0.1, 0.15) is 5.82 Å². The molecule has 0 unspecified atom stereocenters. The lowest BCUT2D eigenvalue weighted by Gasteiger charge is -2.01. The molecule has 0 aliphatic carbocycles. The van der Waals surface area contributed by atoms with E-state index in [1.165, 1.54) is 0 Å². The largest absolute Gasteiger partial charge is 0.388 e. The molecule has 1 aromatic heterocycles. The van der Waals surface area contributed by atoms with Crippen LogP contribution in [0.5, 0.6) is 0 Å². The van der Waals surface area contributed by atoms with Gasteiger partial charge in [0, 0.05) is 16.8 Å². The van der Waals surface area contributed by atoms with E-state index in [4.69, 9.17) is 16.7 Å². The van der Waals surface area contributed by atoms with E-state index in [9.17, 15) is 0 Å². The molecule has 0 amide bonds. The van der Waals surface area contributed by atoms with Crippen molar-refractivity contribution in [2.45, 2.75) is 6.61 Å². The van der Waals surface area contributed by atoms with Crippen LogP contribution >= 0.6 is 11.6 Å². The first kappa shape index (κ1) is 10.1. The van der Waals surface area contributed by atoms with Crippen molar-refractivity contribution in [2.75, 3.05) is 0 Å². The molecular weight excluding hydrogens is 212 g/mol. The summed E-state index contributed by atoms with van der Waals surface area (Å²) in [5.74, 6) is 0.419. The van der Waals surface area contributed by atoms with Crippen LogP contribution in [0.3, 0.4) is 0 Å². The molecule has 76 valence electrons. The molecule has 3 nitrogen and oxygen atoms in total. The van der Waals surface area contributed by atoms with E-state index < -0.39 is 0 Å². The molecule has 2 rings (SSSR count). The quantitative estimate of drug-likeness (QED) is 0.845. The van der Waals surface area contributed by atoms with E-state index in [1.807, 2.05) is 12.1 Å². The molecule has 4 heteroatoms. The third kappa shape index (κ3) is 2.32. The first-order valence-corrected chi connectivity index (χ1v) is 4.86.